The highest BCUT2D eigenvalue weighted by atomic mass is 15.3. The molecule has 0 aliphatic heterocycles. The lowest BCUT2D eigenvalue weighted by molar-refractivity contribution is 0.635. The Balaban J connectivity index is 2.47. The molecule has 0 aliphatic carbocycles. The number of anilines is 1. The topological polar surface area (TPSA) is 81.7 Å². The van der Waals surface area contributed by atoms with Crippen LogP contribution in [0.4, 0.5) is 5.82 Å². The molecule has 2 heterocycles. The summed E-state index contributed by atoms with van der Waals surface area (Å²) in [6.07, 6.45) is 2.67. The first kappa shape index (κ1) is 13.5. The van der Waals surface area contributed by atoms with Gasteiger partial charge in [0.25, 0.3) is 0 Å². The van der Waals surface area contributed by atoms with Gasteiger partial charge in [0.1, 0.15) is 5.82 Å². The second kappa shape index (κ2) is 5.36. The fourth-order valence-electron chi connectivity index (χ4n) is 1.93. The summed E-state index contributed by atoms with van der Waals surface area (Å²) in [5.41, 5.74) is 5.55. The van der Waals surface area contributed by atoms with Crippen LogP contribution in [0.1, 0.15) is 25.2 Å². The minimum Gasteiger partial charge on any atom is -0.308 e. The molecule has 0 unspecified atom stereocenters. The predicted molar refractivity (Wildman–Crippen MR) is 75.3 cm³/mol. The summed E-state index contributed by atoms with van der Waals surface area (Å²) in [5, 5.41) is 4.22. The summed E-state index contributed by atoms with van der Waals surface area (Å²) in [5.74, 6) is 7.30. The Morgan fingerprint density at radius 1 is 1.37 bits per heavy atom. The van der Waals surface area contributed by atoms with Crippen molar-refractivity contribution in [2.24, 2.45) is 18.8 Å². The molecule has 6 nitrogen and oxygen atoms in total. The molecule has 0 spiro atoms. The van der Waals surface area contributed by atoms with Gasteiger partial charge in [-0.15, -0.1) is 0 Å². The number of hydrazine groups is 1. The third-order valence-corrected chi connectivity index (χ3v) is 3.02. The van der Waals surface area contributed by atoms with Gasteiger partial charge >= 0.3 is 0 Å². The fourth-order valence-corrected chi connectivity index (χ4v) is 1.93. The fraction of sp³-hybridized carbons (Fsp3) is 0.462. The monoisotopic (exact) mass is 260 g/mol. The van der Waals surface area contributed by atoms with Gasteiger partial charge in [0.2, 0.25) is 0 Å². The molecule has 2 aromatic rings. The quantitative estimate of drug-likeness (QED) is 0.645. The number of nitrogen functional groups attached to an aromatic ring is 1. The molecule has 0 atom stereocenters. The first-order valence-electron chi connectivity index (χ1n) is 6.34. The van der Waals surface area contributed by atoms with E-state index in [0.29, 0.717) is 17.6 Å². The molecular weight excluding hydrogens is 240 g/mol. The van der Waals surface area contributed by atoms with Gasteiger partial charge in [0, 0.05) is 24.5 Å². The lowest BCUT2D eigenvalue weighted by Crippen LogP contribution is -2.11. The first-order chi connectivity index (χ1) is 9.01. The number of aromatic nitrogens is 4. The molecule has 19 heavy (non-hydrogen) atoms. The molecule has 6 heteroatoms. The smallest absolute Gasteiger partial charge is 0.165 e. The molecule has 0 saturated carbocycles. The van der Waals surface area contributed by atoms with Crippen LogP contribution in [0.25, 0.3) is 11.4 Å². The maximum Gasteiger partial charge on any atom is 0.165 e. The molecule has 0 saturated heterocycles. The maximum absolute atomic E-state index is 5.48. The molecule has 0 fully saturated rings. The van der Waals surface area contributed by atoms with Crippen molar-refractivity contribution in [3.63, 3.8) is 0 Å². The van der Waals surface area contributed by atoms with Crippen molar-refractivity contribution >= 4 is 5.82 Å². The van der Waals surface area contributed by atoms with Crippen LogP contribution < -0.4 is 11.3 Å². The van der Waals surface area contributed by atoms with Crippen molar-refractivity contribution in [3.05, 3.63) is 23.7 Å². The Morgan fingerprint density at radius 3 is 2.63 bits per heavy atom. The summed E-state index contributed by atoms with van der Waals surface area (Å²) >= 11 is 0. The highest BCUT2D eigenvalue weighted by Gasteiger charge is 2.12. The minimum atomic E-state index is 0.531. The van der Waals surface area contributed by atoms with E-state index >= 15 is 0 Å². The molecule has 0 radical (unpaired) electrons. The minimum absolute atomic E-state index is 0.531. The lowest BCUT2D eigenvalue weighted by atomic mass is 10.1. The Hall–Kier alpha value is -1.95. The van der Waals surface area contributed by atoms with E-state index in [2.05, 4.69) is 34.3 Å². The largest absolute Gasteiger partial charge is 0.308 e. The summed E-state index contributed by atoms with van der Waals surface area (Å²) in [6, 6.07) is 1.88. The third-order valence-electron chi connectivity index (χ3n) is 3.02. The molecule has 2 rings (SSSR count). The number of hydrogen-bond donors (Lipinski definition) is 2. The first-order valence-corrected chi connectivity index (χ1v) is 6.34. The zero-order valence-corrected chi connectivity index (χ0v) is 11.8. The van der Waals surface area contributed by atoms with Gasteiger partial charge in [-0.2, -0.15) is 5.10 Å². The molecule has 0 aromatic carbocycles. The number of nitrogens with zero attached hydrogens (tertiary/aromatic N) is 4. The van der Waals surface area contributed by atoms with Crippen molar-refractivity contribution in [2.45, 2.75) is 27.2 Å². The Kier molecular flexibility index (Phi) is 3.80. The number of aryl methyl sites for hydroxylation is 1. The number of hydrogen-bond acceptors (Lipinski definition) is 5. The van der Waals surface area contributed by atoms with Gasteiger partial charge in [-0.25, -0.2) is 15.8 Å². The molecule has 0 amide bonds. The second-order valence-electron chi connectivity index (χ2n) is 5.08. The summed E-state index contributed by atoms with van der Waals surface area (Å²) < 4.78 is 1.81. The molecule has 0 bridgehead atoms. The summed E-state index contributed by atoms with van der Waals surface area (Å²) in [4.78, 5) is 9.01. The standard InChI is InChI=1S/C13H20N6/c1-8(2)5-10-6-12(18-14)17-13(16-10)11-7-15-19(4)9(11)3/h6-8H,5,14H2,1-4H3,(H,16,17,18). The van der Waals surface area contributed by atoms with Crippen LogP contribution in [0.15, 0.2) is 12.3 Å². The van der Waals surface area contributed by atoms with Crippen LogP contribution in [0.5, 0.6) is 0 Å². The van der Waals surface area contributed by atoms with E-state index in [1.165, 1.54) is 0 Å². The molecule has 102 valence electrons. The number of nitrogens with one attached hydrogen (secondary N) is 1. The average Bonchev–Trinajstić information content (AvgIpc) is 2.69. The highest BCUT2D eigenvalue weighted by molar-refractivity contribution is 5.59. The van der Waals surface area contributed by atoms with E-state index < -0.39 is 0 Å². The molecule has 0 aliphatic rings. The highest BCUT2D eigenvalue weighted by Crippen LogP contribution is 2.21. The van der Waals surface area contributed by atoms with Gasteiger partial charge in [-0.05, 0) is 19.3 Å². The van der Waals surface area contributed by atoms with Crippen molar-refractivity contribution in [2.75, 3.05) is 5.43 Å². The van der Waals surface area contributed by atoms with Crippen LogP contribution in [0, 0.1) is 12.8 Å². The van der Waals surface area contributed by atoms with Crippen molar-refractivity contribution in [1.29, 1.82) is 0 Å². The van der Waals surface area contributed by atoms with Gasteiger partial charge in [0.05, 0.1) is 11.8 Å². The van der Waals surface area contributed by atoms with Gasteiger partial charge in [0.15, 0.2) is 5.82 Å². The van der Waals surface area contributed by atoms with Crippen LogP contribution in [-0.4, -0.2) is 19.7 Å². The Bertz CT molecular complexity index is 573. The van der Waals surface area contributed by atoms with E-state index in [9.17, 15) is 0 Å². The molecule has 3 N–H and O–H groups in total. The predicted octanol–water partition coefficient (Wildman–Crippen LogP) is 1.67. The summed E-state index contributed by atoms with van der Waals surface area (Å²) in [6.45, 7) is 6.32. The number of nitrogens with two attached hydrogens (primary N) is 1. The van der Waals surface area contributed by atoms with Crippen molar-refractivity contribution in [1.82, 2.24) is 19.7 Å². The average molecular weight is 260 g/mol. The van der Waals surface area contributed by atoms with Crippen molar-refractivity contribution in [3.8, 4) is 11.4 Å². The van der Waals surface area contributed by atoms with Crippen molar-refractivity contribution < 1.29 is 0 Å². The van der Waals surface area contributed by atoms with Crippen LogP contribution >= 0.6 is 0 Å². The third kappa shape index (κ3) is 2.90. The van der Waals surface area contributed by atoms with E-state index in [-0.39, 0.29) is 0 Å². The van der Waals surface area contributed by atoms with E-state index in [0.717, 1.165) is 23.4 Å². The van der Waals surface area contributed by atoms with Gasteiger partial charge in [-0.3, -0.25) is 4.68 Å². The van der Waals surface area contributed by atoms with Gasteiger partial charge in [-0.1, -0.05) is 13.8 Å². The van der Waals surface area contributed by atoms with Crippen LogP contribution in [-0.2, 0) is 13.5 Å². The van der Waals surface area contributed by atoms with E-state index in [1.54, 1.807) is 6.20 Å². The second-order valence-corrected chi connectivity index (χ2v) is 5.08. The van der Waals surface area contributed by atoms with E-state index in [4.69, 9.17) is 5.84 Å². The van der Waals surface area contributed by atoms with Crippen LogP contribution in [0.2, 0.25) is 0 Å². The maximum atomic E-state index is 5.48. The summed E-state index contributed by atoms with van der Waals surface area (Å²) in [7, 11) is 1.90. The molecular formula is C13H20N6. The van der Waals surface area contributed by atoms with Gasteiger partial charge < -0.3 is 5.43 Å². The Morgan fingerprint density at radius 2 is 2.11 bits per heavy atom. The van der Waals surface area contributed by atoms with Crippen LogP contribution in [0.3, 0.4) is 0 Å². The lowest BCUT2D eigenvalue weighted by Gasteiger charge is -2.09. The SMILES string of the molecule is Cc1c(-c2nc(CC(C)C)cc(NN)n2)cnn1C. The molecule has 2 aromatic heterocycles. The zero-order chi connectivity index (χ0) is 14.0. The number of rotatable bonds is 4. The zero-order valence-electron chi connectivity index (χ0n) is 11.8. The van der Waals surface area contributed by atoms with E-state index in [1.807, 2.05) is 24.7 Å². The Labute approximate surface area is 113 Å². The normalized spacial score (nSPS) is 11.1.